The maximum atomic E-state index is 12.7. The summed E-state index contributed by atoms with van der Waals surface area (Å²) < 4.78 is 44.3. The third kappa shape index (κ3) is 3.20. The van der Waals surface area contributed by atoms with Crippen molar-refractivity contribution in [1.29, 1.82) is 0 Å². The molecule has 1 aromatic heterocycles. The zero-order valence-corrected chi connectivity index (χ0v) is 11.7. The number of hydrogen-bond acceptors (Lipinski definition) is 3. The molecule has 2 rings (SSSR count). The van der Waals surface area contributed by atoms with Crippen molar-refractivity contribution in [3.8, 4) is 5.69 Å². The minimum absolute atomic E-state index is 0.0591. The summed E-state index contributed by atoms with van der Waals surface area (Å²) in [4.78, 5) is 0. The topological polar surface area (TPSA) is 47.3 Å². The van der Waals surface area contributed by atoms with Gasteiger partial charge < -0.3 is 9.84 Å². The third-order valence-electron chi connectivity index (χ3n) is 2.86. The molecule has 0 saturated carbocycles. The molecule has 1 heterocycles. The number of aliphatic hydroxyl groups excluding tert-OH is 1. The summed E-state index contributed by atoms with van der Waals surface area (Å²) in [6.07, 6.45) is -4.45. The quantitative estimate of drug-likeness (QED) is 0.941. The van der Waals surface area contributed by atoms with Crippen molar-refractivity contribution in [2.45, 2.75) is 19.4 Å². The molecule has 4 nitrogen and oxygen atoms in total. The Bertz CT molecular complexity index is 641. The van der Waals surface area contributed by atoms with Crippen LogP contribution in [0.2, 0.25) is 5.15 Å². The molecule has 1 aromatic carbocycles. The summed E-state index contributed by atoms with van der Waals surface area (Å²) in [6, 6.07) is 4.62. The van der Waals surface area contributed by atoms with E-state index in [4.69, 9.17) is 16.3 Å². The van der Waals surface area contributed by atoms with E-state index in [0.717, 1.165) is 16.8 Å². The van der Waals surface area contributed by atoms with E-state index in [0.29, 0.717) is 11.3 Å². The Morgan fingerprint density at radius 3 is 2.67 bits per heavy atom. The van der Waals surface area contributed by atoms with Crippen molar-refractivity contribution in [2.24, 2.45) is 0 Å². The van der Waals surface area contributed by atoms with Crippen LogP contribution in [-0.4, -0.2) is 22.0 Å². The van der Waals surface area contributed by atoms with E-state index < -0.39 is 11.7 Å². The summed E-state index contributed by atoms with van der Waals surface area (Å²) in [5.41, 5.74) is 0.0654. The van der Waals surface area contributed by atoms with Gasteiger partial charge in [-0.1, -0.05) is 17.7 Å². The zero-order valence-electron chi connectivity index (χ0n) is 11.0. The summed E-state index contributed by atoms with van der Waals surface area (Å²) in [7, 11) is 1.44. The van der Waals surface area contributed by atoms with Crippen LogP contribution in [0.4, 0.5) is 13.2 Å². The lowest BCUT2D eigenvalue weighted by atomic mass is 10.2. The van der Waals surface area contributed by atoms with Gasteiger partial charge in [-0.05, 0) is 18.2 Å². The highest BCUT2D eigenvalue weighted by Crippen LogP contribution is 2.31. The first-order valence-electron chi connectivity index (χ1n) is 5.92. The standard InChI is InChI=1S/C13H12ClF3N2O2/c1-21-7-11-10(6-20)12(14)19(18-11)9-4-2-3-8(5-9)13(15,16)17/h2-5,20H,6-7H2,1H3. The van der Waals surface area contributed by atoms with Gasteiger partial charge in [0.2, 0.25) is 0 Å². The average molecular weight is 321 g/mol. The molecule has 0 aliphatic rings. The number of benzene rings is 1. The van der Waals surface area contributed by atoms with Crippen molar-refractivity contribution in [2.75, 3.05) is 7.11 Å². The average Bonchev–Trinajstić information content (AvgIpc) is 2.75. The summed E-state index contributed by atoms with van der Waals surface area (Å²) in [5, 5.41) is 13.5. The van der Waals surface area contributed by atoms with Gasteiger partial charge in [-0.25, -0.2) is 4.68 Å². The highest BCUT2D eigenvalue weighted by molar-refractivity contribution is 6.30. The first-order chi connectivity index (χ1) is 9.88. The molecule has 0 radical (unpaired) electrons. The van der Waals surface area contributed by atoms with Crippen LogP contribution in [0.3, 0.4) is 0 Å². The van der Waals surface area contributed by atoms with Gasteiger partial charge in [0, 0.05) is 12.7 Å². The molecule has 0 amide bonds. The highest BCUT2D eigenvalue weighted by atomic mass is 35.5. The number of ether oxygens (including phenoxy) is 1. The molecule has 0 unspecified atom stereocenters. The Balaban J connectivity index is 2.52. The lowest BCUT2D eigenvalue weighted by molar-refractivity contribution is -0.137. The van der Waals surface area contributed by atoms with Crippen molar-refractivity contribution in [1.82, 2.24) is 9.78 Å². The second-order valence-electron chi connectivity index (χ2n) is 4.27. The lowest BCUT2D eigenvalue weighted by Crippen LogP contribution is -2.06. The van der Waals surface area contributed by atoms with Crippen molar-refractivity contribution in [3.63, 3.8) is 0 Å². The van der Waals surface area contributed by atoms with Gasteiger partial charge in [-0.2, -0.15) is 18.3 Å². The van der Waals surface area contributed by atoms with E-state index >= 15 is 0 Å². The fourth-order valence-corrected chi connectivity index (χ4v) is 2.17. The van der Waals surface area contributed by atoms with Crippen LogP contribution in [0.25, 0.3) is 5.69 Å². The van der Waals surface area contributed by atoms with E-state index in [1.807, 2.05) is 0 Å². The van der Waals surface area contributed by atoms with Crippen LogP contribution >= 0.6 is 11.6 Å². The normalized spacial score (nSPS) is 11.9. The molecule has 0 fully saturated rings. The number of aliphatic hydroxyl groups is 1. The fraction of sp³-hybridized carbons (Fsp3) is 0.308. The second-order valence-corrected chi connectivity index (χ2v) is 4.63. The maximum absolute atomic E-state index is 12.7. The van der Waals surface area contributed by atoms with Gasteiger partial charge >= 0.3 is 6.18 Å². The molecule has 0 aliphatic heterocycles. The minimum atomic E-state index is -4.45. The first-order valence-corrected chi connectivity index (χ1v) is 6.30. The van der Waals surface area contributed by atoms with E-state index in [1.54, 1.807) is 0 Å². The smallest absolute Gasteiger partial charge is 0.391 e. The van der Waals surface area contributed by atoms with Crippen LogP contribution < -0.4 is 0 Å². The lowest BCUT2D eigenvalue weighted by Gasteiger charge is -2.09. The van der Waals surface area contributed by atoms with Crippen molar-refractivity contribution >= 4 is 11.6 Å². The molecule has 0 atom stereocenters. The Labute approximate surface area is 123 Å². The van der Waals surface area contributed by atoms with E-state index in [-0.39, 0.29) is 24.1 Å². The number of halogens is 4. The summed E-state index contributed by atoms with van der Waals surface area (Å²) >= 11 is 6.07. The van der Waals surface area contributed by atoms with Gasteiger partial charge in [0.05, 0.1) is 30.2 Å². The van der Waals surface area contributed by atoms with Crippen LogP contribution in [0.15, 0.2) is 24.3 Å². The van der Waals surface area contributed by atoms with Crippen LogP contribution in [-0.2, 0) is 24.1 Å². The molecule has 2 aromatic rings. The van der Waals surface area contributed by atoms with E-state index in [1.165, 1.54) is 19.2 Å². The predicted octanol–water partition coefficient (Wildman–Crippen LogP) is 3.18. The molecule has 0 spiro atoms. The van der Waals surface area contributed by atoms with Gasteiger partial charge in [-0.15, -0.1) is 0 Å². The van der Waals surface area contributed by atoms with Gasteiger partial charge in [0.1, 0.15) is 5.15 Å². The number of methoxy groups -OCH3 is 1. The maximum Gasteiger partial charge on any atom is 0.416 e. The molecule has 21 heavy (non-hydrogen) atoms. The Morgan fingerprint density at radius 2 is 2.10 bits per heavy atom. The van der Waals surface area contributed by atoms with Gasteiger partial charge in [0.25, 0.3) is 0 Å². The Morgan fingerprint density at radius 1 is 1.38 bits per heavy atom. The Hall–Kier alpha value is -1.57. The molecule has 0 saturated heterocycles. The first kappa shape index (κ1) is 15.8. The largest absolute Gasteiger partial charge is 0.416 e. The molecule has 114 valence electrons. The van der Waals surface area contributed by atoms with Crippen LogP contribution in [0.1, 0.15) is 16.8 Å². The number of aromatic nitrogens is 2. The minimum Gasteiger partial charge on any atom is -0.391 e. The zero-order chi connectivity index (χ0) is 15.6. The molecular weight excluding hydrogens is 309 g/mol. The molecular formula is C13H12ClF3N2O2. The fourth-order valence-electron chi connectivity index (χ4n) is 1.87. The monoisotopic (exact) mass is 320 g/mol. The third-order valence-corrected chi connectivity index (χ3v) is 3.25. The number of rotatable bonds is 4. The van der Waals surface area contributed by atoms with Gasteiger partial charge in [0.15, 0.2) is 0 Å². The van der Waals surface area contributed by atoms with E-state index in [2.05, 4.69) is 5.10 Å². The Kier molecular flexibility index (Phi) is 4.55. The second kappa shape index (κ2) is 6.05. The highest BCUT2D eigenvalue weighted by Gasteiger charge is 2.31. The molecule has 1 N–H and O–H groups in total. The van der Waals surface area contributed by atoms with Gasteiger partial charge in [-0.3, -0.25) is 0 Å². The number of alkyl halides is 3. The summed E-state index contributed by atoms with van der Waals surface area (Å²) in [5.74, 6) is 0. The van der Waals surface area contributed by atoms with Crippen LogP contribution in [0.5, 0.6) is 0 Å². The summed E-state index contributed by atoms with van der Waals surface area (Å²) in [6.45, 7) is -0.280. The molecule has 0 bridgehead atoms. The van der Waals surface area contributed by atoms with E-state index in [9.17, 15) is 18.3 Å². The SMILES string of the molecule is COCc1nn(-c2cccc(C(F)(F)F)c2)c(Cl)c1CO. The number of hydrogen-bond donors (Lipinski definition) is 1. The van der Waals surface area contributed by atoms with Crippen LogP contribution in [0, 0.1) is 0 Å². The molecule has 8 heteroatoms. The molecule has 0 aliphatic carbocycles. The number of nitrogens with zero attached hydrogens (tertiary/aromatic N) is 2. The van der Waals surface area contributed by atoms with Crippen molar-refractivity contribution in [3.05, 3.63) is 46.2 Å². The predicted molar refractivity (Wildman–Crippen MR) is 70.2 cm³/mol. The van der Waals surface area contributed by atoms with Crippen molar-refractivity contribution < 1.29 is 23.0 Å².